The average molecular weight is 209 g/mol. The highest BCUT2D eigenvalue weighted by molar-refractivity contribution is 4.85. The van der Waals surface area contributed by atoms with E-state index in [-0.39, 0.29) is 0 Å². The summed E-state index contributed by atoms with van der Waals surface area (Å²) >= 11 is 0. The van der Waals surface area contributed by atoms with Gasteiger partial charge in [0.1, 0.15) is 0 Å². The molecule has 0 aromatic carbocycles. The molecule has 0 aromatic heterocycles. The monoisotopic (exact) mass is 209 g/mol. The van der Waals surface area contributed by atoms with Crippen LogP contribution in [0.4, 0.5) is 0 Å². The second-order valence-electron chi connectivity index (χ2n) is 3.87. The molecule has 88 valence electrons. The Morgan fingerprint density at radius 1 is 0.533 bits per heavy atom. The standard InChI is InChI=1S/C7H12.C6H10.CH5N/c1-2-4-6-7-5-3-1;1-2-4-6-5-3-1;1-2/h1-2H,3-7H2;1-2H,3-6H2;2H2,1H3. The van der Waals surface area contributed by atoms with Crippen molar-refractivity contribution >= 4 is 0 Å². The maximum atomic E-state index is 4.50. The van der Waals surface area contributed by atoms with Gasteiger partial charge in [-0.2, -0.15) is 0 Å². The molecule has 0 heterocycles. The minimum absolute atomic E-state index is 1.32. The second kappa shape index (κ2) is 13.4. The summed E-state index contributed by atoms with van der Waals surface area (Å²) in [6, 6.07) is 0. The summed E-state index contributed by atoms with van der Waals surface area (Å²) in [6.45, 7) is 0. The van der Waals surface area contributed by atoms with Crippen molar-refractivity contribution in [3.63, 3.8) is 0 Å². The van der Waals surface area contributed by atoms with Crippen LogP contribution in [0.15, 0.2) is 24.3 Å². The molecule has 0 aliphatic heterocycles. The van der Waals surface area contributed by atoms with Gasteiger partial charge in [0.05, 0.1) is 0 Å². The topological polar surface area (TPSA) is 26.0 Å². The maximum Gasteiger partial charge on any atom is -0.0195 e. The summed E-state index contributed by atoms with van der Waals surface area (Å²) in [7, 11) is 1.50. The van der Waals surface area contributed by atoms with E-state index >= 15 is 0 Å². The summed E-state index contributed by atoms with van der Waals surface area (Å²) in [4.78, 5) is 0. The molecule has 2 aliphatic carbocycles. The van der Waals surface area contributed by atoms with Crippen molar-refractivity contribution in [2.45, 2.75) is 57.8 Å². The highest BCUT2D eigenvalue weighted by Gasteiger charge is 1.88. The third-order valence-corrected chi connectivity index (χ3v) is 2.57. The minimum atomic E-state index is 1.32. The van der Waals surface area contributed by atoms with Gasteiger partial charge in [0.2, 0.25) is 0 Å². The predicted octanol–water partition coefficient (Wildman–Crippen LogP) is 4.20. The van der Waals surface area contributed by atoms with Crippen molar-refractivity contribution in [1.29, 1.82) is 0 Å². The highest BCUT2D eigenvalue weighted by atomic mass is 14.4. The van der Waals surface area contributed by atoms with Gasteiger partial charge in [0.15, 0.2) is 0 Å². The first-order valence-corrected chi connectivity index (χ1v) is 6.38. The fraction of sp³-hybridized carbons (Fsp3) is 0.714. The average Bonchev–Trinajstić information content (AvgIpc) is 2.67. The van der Waals surface area contributed by atoms with Gasteiger partial charge in [-0.25, -0.2) is 0 Å². The Kier molecular flexibility index (Phi) is 12.9. The third-order valence-electron chi connectivity index (χ3n) is 2.57. The fourth-order valence-corrected chi connectivity index (χ4v) is 1.70. The van der Waals surface area contributed by atoms with Gasteiger partial charge in [-0.3, -0.25) is 0 Å². The number of hydrogen-bond donors (Lipinski definition) is 1. The molecule has 0 unspecified atom stereocenters. The van der Waals surface area contributed by atoms with Crippen molar-refractivity contribution in [3.8, 4) is 0 Å². The molecule has 0 radical (unpaired) electrons. The van der Waals surface area contributed by atoms with E-state index in [1.54, 1.807) is 0 Å². The zero-order chi connectivity index (χ0) is 11.2. The molecule has 2 aliphatic rings. The van der Waals surface area contributed by atoms with Crippen LogP contribution in [-0.4, -0.2) is 7.05 Å². The quantitative estimate of drug-likeness (QED) is 0.595. The minimum Gasteiger partial charge on any atom is -0.333 e. The Balaban J connectivity index is 0.000000227. The zero-order valence-corrected chi connectivity index (χ0v) is 10.3. The molecule has 0 atom stereocenters. The Labute approximate surface area is 95.4 Å². The molecule has 0 amide bonds. The molecule has 0 saturated heterocycles. The van der Waals surface area contributed by atoms with Crippen molar-refractivity contribution in [2.75, 3.05) is 7.05 Å². The van der Waals surface area contributed by atoms with Crippen LogP contribution in [0.5, 0.6) is 0 Å². The summed E-state index contributed by atoms with van der Waals surface area (Å²) in [5, 5.41) is 0. The van der Waals surface area contributed by atoms with Crippen molar-refractivity contribution in [1.82, 2.24) is 0 Å². The van der Waals surface area contributed by atoms with E-state index in [4.69, 9.17) is 0 Å². The lowest BCUT2D eigenvalue weighted by molar-refractivity contribution is 0.718. The number of rotatable bonds is 0. The molecule has 0 spiro atoms. The third kappa shape index (κ3) is 11.4. The van der Waals surface area contributed by atoms with Crippen LogP contribution in [0.1, 0.15) is 57.8 Å². The van der Waals surface area contributed by atoms with Crippen molar-refractivity contribution < 1.29 is 0 Å². The van der Waals surface area contributed by atoms with Crippen LogP contribution in [-0.2, 0) is 0 Å². The molecule has 1 nitrogen and oxygen atoms in total. The smallest absolute Gasteiger partial charge is 0.0195 e. The van der Waals surface area contributed by atoms with E-state index in [0.29, 0.717) is 0 Å². The molecular formula is C14H27N. The molecule has 1 heteroatoms. The molecule has 0 bridgehead atoms. The van der Waals surface area contributed by atoms with E-state index in [0.717, 1.165) is 0 Å². The first kappa shape index (κ1) is 14.4. The van der Waals surface area contributed by atoms with Crippen molar-refractivity contribution in [2.24, 2.45) is 5.73 Å². The van der Waals surface area contributed by atoms with Crippen LogP contribution >= 0.6 is 0 Å². The van der Waals surface area contributed by atoms with Gasteiger partial charge in [-0.05, 0) is 58.4 Å². The van der Waals surface area contributed by atoms with Gasteiger partial charge >= 0.3 is 0 Å². The molecular weight excluding hydrogens is 182 g/mol. The van der Waals surface area contributed by atoms with E-state index < -0.39 is 0 Å². The van der Waals surface area contributed by atoms with E-state index in [9.17, 15) is 0 Å². The lowest BCUT2D eigenvalue weighted by atomic mass is 10.1. The summed E-state index contributed by atoms with van der Waals surface area (Å²) < 4.78 is 0. The lowest BCUT2D eigenvalue weighted by Gasteiger charge is -1.97. The summed E-state index contributed by atoms with van der Waals surface area (Å²) in [6.07, 6.45) is 21.5. The number of allylic oxidation sites excluding steroid dienone is 4. The van der Waals surface area contributed by atoms with Crippen LogP contribution in [0.3, 0.4) is 0 Å². The van der Waals surface area contributed by atoms with Crippen LogP contribution in [0, 0.1) is 0 Å². The van der Waals surface area contributed by atoms with Gasteiger partial charge in [0.25, 0.3) is 0 Å². The molecule has 15 heavy (non-hydrogen) atoms. The summed E-state index contributed by atoms with van der Waals surface area (Å²) in [5.74, 6) is 0. The van der Waals surface area contributed by atoms with E-state index in [1.165, 1.54) is 64.8 Å². The molecule has 2 N–H and O–H groups in total. The predicted molar refractivity (Wildman–Crippen MR) is 69.9 cm³/mol. The fourth-order valence-electron chi connectivity index (χ4n) is 1.70. The van der Waals surface area contributed by atoms with E-state index in [2.05, 4.69) is 30.0 Å². The Bertz CT molecular complexity index is 143. The molecule has 0 fully saturated rings. The van der Waals surface area contributed by atoms with Crippen LogP contribution < -0.4 is 5.73 Å². The Morgan fingerprint density at radius 2 is 0.800 bits per heavy atom. The molecule has 0 aromatic rings. The second-order valence-corrected chi connectivity index (χ2v) is 3.87. The number of hydrogen-bond acceptors (Lipinski definition) is 1. The highest BCUT2D eigenvalue weighted by Crippen LogP contribution is 2.08. The van der Waals surface area contributed by atoms with Gasteiger partial charge in [0, 0.05) is 0 Å². The Morgan fingerprint density at radius 3 is 1.13 bits per heavy atom. The number of nitrogens with two attached hydrogens (primary N) is 1. The molecule has 2 rings (SSSR count). The van der Waals surface area contributed by atoms with Gasteiger partial charge < -0.3 is 5.73 Å². The molecule has 0 saturated carbocycles. The van der Waals surface area contributed by atoms with E-state index in [1.807, 2.05) is 0 Å². The van der Waals surface area contributed by atoms with Crippen LogP contribution in [0.2, 0.25) is 0 Å². The van der Waals surface area contributed by atoms with Gasteiger partial charge in [-0.15, -0.1) is 0 Å². The van der Waals surface area contributed by atoms with Gasteiger partial charge in [-0.1, -0.05) is 30.7 Å². The largest absolute Gasteiger partial charge is 0.333 e. The first-order chi connectivity index (χ1) is 7.50. The normalized spacial score (nSPS) is 19.1. The zero-order valence-electron chi connectivity index (χ0n) is 10.3. The maximum absolute atomic E-state index is 4.50. The van der Waals surface area contributed by atoms with Crippen LogP contribution in [0.25, 0.3) is 0 Å². The van der Waals surface area contributed by atoms with Crippen molar-refractivity contribution in [3.05, 3.63) is 24.3 Å². The Hall–Kier alpha value is -0.560. The SMILES string of the molecule is C1=CCCCC1.C1=CCCCCC1.CN. The summed E-state index contributed by atoms with van der Waals surface area (Å²) in [5.41, 5.74) is 4.50. The first-order valence-electron chi connectivity index (χ1n) is 6.38. The lowest BCUT2D eigenvalue weighted by Crippen LogP contribution is -1.77.